The molecule has 2 rings (SSSR count). The van der Waals surface area contributed by atoms with Gasteiger partial charge in [0.1, 0.15) is 12.1 Å². The lowest BCUT2D eigenvalue weighted by Crippen LogP contribution is -2.50. The standard InChI is InChI=1S/C18H32N4O3/c1-12(2)14(21(4)5)10-19-15(23)11-22-16(24)18(20-17(22)25)8-6-13(3)7-9-18/h12-14H,6-11H2,1-5H3,(H,19,23)(H,20,25)/t13?,14-,18?/m0/s1. The van der Waals surface area contributed by atoms with Crippen LogP contribution in [0.2, 0.25) is 0 Å². The van der Waals surface area contributed by atoms with Gasteiger partial charge in [-0.05, 0) is 51.6 Å². The van der Waals surface area contributed by atoms with Crippen molar-refractivity contribution in [3.63, 3.8) is 0 Å². The van der Waals surface area contributed by atoms with Gasteiger partial charge in [0, 0.05) is 12.6 Å². The summed E-state index contributed by atoms with van der Waals surface area (Å²) in [5.74, 6) is 0.427. The second-order valence-corrected chi connectivity index (χ2v) is 8.17. The number of hydrogen-bond donors (Lipinski definition) is 2. The summed E-state index contributed by atoms with van der Waals surface area (Å²) in [4.78, 5) is 40.4. The van der Waals surface area contributed by atoms with Gasteiger partial charge in [-0.15, -0.1) is 0 Å². The Bertz CT molecular complexity index is 516. The molecule has 0 bridgehead atoms. The zero-order chi connectivity index (χ0) is 18.8. The molecule has 2 aliphatic rings. The Hall–Kier alpha value is -1.63. The summed E-state index contributed by atoms with van der Waals surface area (Å²) >= 11 is 0. The number of imide groups is 1. The van der Waals surface area contributed by atoms with Crippen LogP contribution in [0, 0.1) is 11.8 Å². The molecule has 1 aliphatic carbocycles. The summed E-state index contributed by atoms with van der Waals surface area (Å²) in [6.07, 6.45) is 3.16. The van der Waals surface area contributed by atoms with Crippen molar-refractivity contribution >= 4 is 17.8 Å². The third kappa shape index (κ3) is 4.32. The lowest BCUT2D eigenvalue weighted by molar-refractivity contribution is -0.136. The first-order valence-electron chi connectivity index (χ1n) is 9.23. The van der Waals surface area contributed by atoms with Crippen molar-refractivity contribution < 1.29 is 14.4 Å². The molecule has 2 N–H and O–H groups in total. The van der Waals surface area contributed by atoms with Crippen molar-refractivity contribution in [3.05, 3.63) is 0 Å². The molecule has 1 atom stereocenters. The average molecular weight is 352 g/mol. The first-order valence-corrected chi connectivity index (χ1v) is 9.23. The quantitative estimate of drug-likeness (QED) is 0.704. The van der Waals surface area contributed by atoms with Crippen LogP contribution in [0.3, 0.4) is 0 Å². The molecule has 1 heterocycles. The zero-order valence-corrected chi connectivity index (χ0v) is 16.1. The molecule has 0 unspecified atom stereocenters. The van der Waals surface area contributed by atoms with Gasteiger partial charge < -0.3 is 15.5 Å². The van der Waals surface area contributed by atoms with Crippen LogP contribution in [0.5, 0.6) is 0 Å². The van der Waals surface area contributed by atoms with Crippen LogP contribution in [-0.4, -0.2) is 66.4 Å². The van der Waals surface area contributed by atoms with Crippen LogP contribution < -0.4 is 10.6 Å². The number of amides is 4. The molecular formula is C18H32N4O3. The molecule has 0 aromatic carbocycles. The minimum atomic E-state index is -0.784. The van der Waals surface area contributed by atoms with Gasteiger partial charge in [0.2, 0.25) is 5.91 Å². The number of nitrogens with zero attached hydrogens (tertiary/aromatic N) is 2. The lowest BCUT2D eigenvalue weighted by Gasteiger charge is -2.33. The third-order valence-electron chi connectivity index (χ3n) is 5.62. The van der Waals surface area contributed by atoms with Crippen LogP contribution in [-0.2, 0) is 9.59 Å². The number of rotatable bonds is 6. The minimum absolute atomic E-state index is 0.207. The van der Waals surface area contributed by atoms with E-state index in [-0.39, 0.29) is 24.4 Å². The highest BCUT2D eigenvalue weighted by atomic mass is 16.2. The number of carbonyl (C=O) groups is 3. The van der Waals surface area contributed by atoms with Crippen molar-refractivity contribution in [2.75, 3.05) is 27.2 Å². The summed E-state index contributed by atoms with van der Waals surface area (Å²) < 4.78 is 0. The van der Waals surface area contributed by atoms with E-state index in [1.54, 1.807) is 0 Å². The van der Waals surface area contributed by atoms with Crippen molar-refractivity contribution in [1.29, 1.82) is 0 Å². The third-order valence-corrected chi connectivity index (χ3v) is 5.62. The number of hydrogen-bond acceptors (Lipinski definition) is 4. The summed E-state index contributed by atoms with van der Waals surface area (Å²) in [6.45, 7) is 6.65. The smallest absolute Gasteiger partial charge is 0.325 e. The van der Waals surface area contributed by atoms with Gasteiger partial charge in [0.25, 0.3) is 5.91 Å². The van der Waals surface area contributed by atoms with Crippen molar-refractivity contribution in [2.24, 2.45) is 11.8 Å². The maximum Gasteiger partial charge on any atom is 0.325 e. The highest BCUT2D eigenvalue weighted by molar-refractivity contribution is 6.09. The summed E-state index contributed by atoms with van der Waals surface area (Å²) in [6, 6.07) is -0.235. The first kappa shape index (κ1) is 19.7. The average Bonchev–Trinajstić information content (AvgIpc) is 2.74. The SMILES string of the molecule is CC1CCC2(CC1)NC(=O)N(CC(=O)NC[C@@H](C(C)C)N(C)C)C2=O. The van der Waals surface area contributed by atoms with E-state index in [0.717, 1.165) is 17.7 Å². The molecule has 0 aromatic rings. The Morgan fingerprint density at radius 1 is 1.32 bits per heavy atom. The van der Waals surface area contributed by atoms with Crippen LogP contribution in [0.1, 0.15) is 46.5 Å². The molecule has 7 heteroatoms. The molecule has 7 nitrogen and oxygen atoms in total. The van der Waals surface area contributed by atoms with Gasteiger partial charge in [-0.25, -0.2) is 4.79 Å². The molecule has 4 amide bonds. The van der Waals surface area contributed by atoms with Crippen molar-refractivity contribution in [3.8, 4) is 0 Å². The number of likely N-dealkylation sites (N-methyl/N-ethyl adjacent to an activating group) is 1. The monoisotopic (exact) mass is 352 g/mol. The van der Waals surface area contributed by atoms with E-state index >= 15 is 0 Å². The van der Waals surface area contributed by atoms with Gasteiger partial charge in [-0.1, -0.05) is 20.8 Å². The summed E-state index contributed by atoms with van der Waals surface area (Å²) in [7, 11) is 3.95. The van der Waals surface area contributed by atoms with E-state index in [1.807, 2.05) is 14.1 Å². The van der Waals surface area contributed by atoms with Crippen LogP contribution >= 0.6 is 0 Å². The second kappa shape index (κ2) is 7.72. The zero-order valence-electron chi connectivity index (χ0n) is 16.1. The number of nitrogens with one attached hydrogen (secondary N) is 2. The Labute approximate surface area is 150 Å². The maximum atomic E-state index is 12.7. The molecular weight excluding hydrogens is 320 g/mol. The fraction of sp³-hybridized carbons (Fsp3) is 0.833. The van der Waals surface area contributed by atoms with Crippen molar-refractivity contribution in [2.45, 2.75) is 58.0 Å². The minimum Gasteiger partial charge on any atom is -0.353 e. The van der Waals surface area contributed by atoms with Gasteiger partial charge in [-0.2, -0.15) is 0 Å². The van der Waals surface area contributed by atoms with Gasteiger partial charge in [0.05, 0.1) is 0 Å². The first-order chi connectivity index (χ1) is 11.7. The molecule has 0 aromatic heterocycles. The summed E-state index contributed by atoms with van der Waals surface area (Å²) in [5.41, 5.74) is -0.784. The number of urea groups is 1. The Balaban J connectivity index is 1.92. The molecule has 25 heavy (non-hydrogen) atoms. The number of carbonyl (C=O) groups excluding carboxylic acids is 3. The van der Waals surface area contributed by atoms with E-state index < -0.39 is 11.6 Å². The van der Waals surface area contributed by atoms with E-state index in [1.165, 1.54) is 0 Å². The van der Waals surface area contributed by atoms with Crippen LogP contribution in [0.15, 0.2) is 0 Å². The predicted octanol–water partition coefficient (Wildman–Crippen LogP) is 1.19. The molecule has 0 radical (unpaired) electrons. The molecule has 1 aliphatic heterocycles. The normalized spacial score (nSPS) is 28.0. The predicted molar refractivity (Wildman–Crippen MR) is 95.9 cm³/mol. The molecule has 1 spiro atoms. The van der Waals surface area contributed by atoms with Gasteiger partial charge in [-0.3, -0.25) is 14.5 Å². The fourth-order valence-electron chi connectivity index (χ4n) is 3.85. The second-order valence-electron chi connectivity index (χ2n) is 8.17. The largest absolute Gasteiger partial charge is 0.353 e. The topological polar surface area (TPSA) is 81.8 Å². The lowest BCUT2D eigenvalue weighted by atomic mass is 9.77. The highest BCUT2D eigenvalue weighted by Gasteiger charge is 2.52. The van der Waals surface area contributed by atoms with Crippen LogP contribution in [0.25, 0.3) is 0 Å². The van der Waals surface area contributed by atoms with Gasteiger partial charge >= 0.3 is 6.03 Å². The molecule has 142 valence electrons. The Kier molecular flexibility index (Phi) is 6.08. The fourth-order valence-corrected chi connectivity index (χ4v) is 3.85. The van der Waals surface area contributed by atoms with E-state index in [4.69, 9.17) is 0 Å². The van der Waals surface area contributed by atoms with Gasteiger partial charge in [0.15, 0.2) is 0 Å². The highest BCUT2D eigenvalue weighted by Crippen LogP contribution is 2.36. The molecule has 1 saturated heterocycles. The Morgan fingerprint density at radius 2 is 1.92 bits per heavy atom. The van der Waals surface area contributed by atoms with Crippen LogP contribution in [0.4, 0.5) is 4.79 Å². The van der Waals surface area contributed by atoms with Crippen molar-refractivity contribution in [1.82, 2.24) is 20.4 Å². The summed E-state index contributed by atoms with van der Waals surface area (Å²) in [5, 5.41) is 5.70. The maximum absolute atomic E-state index is 12.7. The Morgan fingerprint density at radius 3 is 2.44 bits per heavy atom. The molecule has 2 fully saturated rings. The van der Waals surface area contributed by atoms with E-state index in [0.29, 0.717) is 31.2 Å². The van der Waals surface area contributed by atoms with E-state index in [9.17, 15) is 14.4 Å². The molecule has 1 saturated carbocycles. The van der Waals surface area contributed by atoms with E-state index in [2.05, 4.69) is 36.3 Å².